The molecule has 0 radical (unpaired) electrons. The normalized spacial score (nSPS) is 10.6. The van der Waals surface area contributed by atoms with Crippen molar-refractivity contribution >= 4 is 5.97 Å². The van der Waals surface area contributed by atoms with Crippen molar-refractivity contribution in [3.8, 4) is 0 Å². The summed E-state index contributed by atoms with van der Waals surface area (Å²) in [5.41, 5.74) is 0.830. The van der Waals surface area contributed by atoms with Crippen LogP contribution in [-0.2, 0) is 20.8 Å². The van der Waals surface area contributed by atoms with Gasteiger partial charge in [0.25, 0.3) is 0 Å². The first kappa shape index (κ1) is 15.6. The molecule has 0 aliphatic rings. The molecule has 1 aromatic rings. The maximum Gasteiger partial charge on any atom is 0.354 e. The van der Waals surface area contributed by atoms with Crippen LogP contribution in [0.2, 0.25) is 0 Å². The van der Waals surface area contributed by atoms with Crippen molar-refractivity contribution in [1.82, 2.24) is 4.98 Å². The molecule has 0 aliphatic heterocycles. The van der Waals surface area contributed by atoms with Crippen molar-refractivity contribution in [1.29, 1.82) is 0 Å². The van der Waals surface area contributed by atoms with E-state index in [1.807, 2.05) is 0 Å². The molecule has 0 aliphatic carbocycles. The van der Waals surface area contributed by atoms with Crippen molar-refractivity contribution in [2.75, 3.05) is 33.5 Å². The standard InChI is InChI=1S/C13H19NO5/c1-17-7-8-18-5-2-6-19-10-11-3-4-14-12(9-11)13(15)16/h3-4,9H,2,5-8,10H2,1H3,(H,15,16). The fraction of sp³-hybridized carbons (Fsp3) is 0.538. The van der Waals surface area contributed by atoms with Gasteiger partial charge in [0.05, 0.1) is 19.8 Å². The summed E-state index contributed by atoms with van der Waals surface area (Å²) in [4.78, 5) is 14.5. The summed E-state index contributed by atoms with van der Waals surface area (Å²) >= 11 is 0. The number of rotatable bonds is 10. The van der Waals surface area contributed by atoms with E-state index in [0.29, 0.717) is 33.0 Å². The van der Waals surface area contributed by atoms with Gasteiger partial charge in [-0.25, -0.2) is 9.78 Å². The molecule has 0 fully saturated rings. The van der Waals surface area contributed by atoms with Crippen LogP contribution in [0, 0.1) is 0 Å². The number of carboxylic acid groups (broad SMARTS) is 1. The molecule has 6 nitrogen and oxygen atoms in total. The number of carbonyl (C=O) groups is 1. The third-order valence-corrected chi connectivity index (χ3v) is 2.32. The van der Waals surface area contributed by atoms with Crippen molar-refractivity contribution in [2.45, 2.75) is 13.0 Å². The van der Waals surface area contributed by atoms with E-state index in [0.717, 1.165) is 12.0 Å². The molecule has 0 spiro atoms. The molecule has 1 N–H and O–H groups in total. The van der Waals surface area contributed by atoms with Gasteiger partial charge >= 0.3 is 5.97 Å². The summed E-state index contributed by atoms with van der Waals surface area (Å²) < 4.78 is 15.6. The average Bonchev–Trinajstić information content (AvgIpc) is 2.42. The number of ether oxygens (including phenoxy) is 3. The van der Waals surface area contributed by atoms with Gasteiger partial charge in [0, 0.05) is 26.5 Å². The van der Waals surface area contributed by atoms with Crippen molar-refractivity contribution in [3.05, 3.63) is 29.6 Å². The van der Waals surface area contributed by atoms with Crippen LogP contribution in [0.5, 0.6) is 0 Å². The van der Waals surface area contributed by atoms with Crippen LogP contribution in [0.4, 0.5) is 0 Å². The highest BCUT2D eigenvalue weighted by atomic mass is 16.5. The minimum Gasteiger partial charge on any atom is -0.477 e. The van der Waals surface area contributed by atoms with E-state index >= 15 is 0 Å². The van der Waals surface area contributed by atoms with E-state index in [4.69, 9.17) is 19.3 Å². The highest BCUT2D eigenvalue weighted by Gasteiger charge is 2.04. The molecule has 106 valence electrons. The largest absolute Gasteiger partial charge is 0.477 e. The van der Waals surface area contributed by atoms with E-state index in [-0.39, 0.29) is 5.69 Å². The fourth-order valence-electron chi connectivity index (χ4n) is 1.38. The van der Waals surface area contributed by atoms with Crippen LogP contribution in [0.1, 0.15) is 22.5 Å². The Balaban J connectivity index is 2.12. The fourth-order valence-corrected chi connectivity index (χ4v) is 1.38. The highest BCUT2D eigenvalue weighted by molar-refractivity contribution is 5.85. The number of aromatic nitrogens is 1. The maximum absolute atomic E-state index is 10.7. The highest BCUT2D eigenvalue weighted by Crippen LogP contribution is 2.04. The molecule has 1 heterocycles. The molecule has 1 rings (SSSR count). The summed E-state index contributed by atoms with van der Waals surface area (Å²) in [7, 11) is 1.63. The molecule has 1 aromatic heterocycles. The van der Waals surface area contributed by atoms with Crippen molar-refractivity contribution in [3.63, 3.8) is 0 Å². The molecule has 0 saturated heterocycles. The van der Waals surface area contributed by atoms with E-state index in [1.54, 1.807) is 13.2 Å². The van der Waals surface area contributed by atoms with Gasteiger partial charge in [-0.3, -0.25) is 0 Å². The lowest BCUT2D eigenvalue weighted by Gasteiger charge is -2.06. The third kappa shape index (κ3) is 6.85. The number of hydrogen-bond donors (Lipinski definition) is 1. The lowest BCUT2D eigenvalue weighted by molar-refractivity contribution is 0.0483. The third-order valence-electron chi connectivity index (χ3n) is 2.32. The molecule has 6 heteroatoms. The first-order valence-electron chi connectivity index (χ1n) is 6.06. The minimum absolute atomic E-state index is 0.0315. The zero-order valence-corrected chi connectivity index (χ0v) is 11.0. The monoisotopic (exact) mass is 269 g/mol. The Bertz CT molecular complexity index is 383. The van der Waals surface area contributed by atoms with Crippen LogP contribution in [0.3, 0.4) is 0 Å². The Kier molecular flexibility index (Phi) is 7.72. The first-order chi connectivity index (χ1) is 9.24. The topological polar surface area (TPSA) is 77.9 Å². The van der Waals surface area contributed by atoms with E-state index < -0.39 is 5.97 Å². The van der Waals surface area contributed by atoms with Gasteiger partial charge in [0.2, 0.25) is 0 Å². The smallest absolute Gasteiger partial charge is 0.354 e. The number of nitrogens with zero attached hydrogens (tertiary/aromatic N) is 1. The predicted molar refractivity (Wildman–Crippen MR) is 68.2 cm³/mol. The summed E-state index contributed by atoms with van der Waals surface area (Å²) in [6.07, 6.45) is 2.26. The number of carboxylic acids is 1. The van der Waals surface area contributed by atoms with Gasteiger partial charge in [-0.2, -0.15) is 0 Å². The van der Waals surface area contributed by atoms with E-state index in [9.17, 15) is 4.79 Å². The van der Waals surface area contributed by atoms with Crippen molar-refractivity contribution in [2.24, 2.45) is 0 Å². The molecule has 0 bridgehead atoms. The Labute approximate surface area is 112 Å². The zero-order chi connectivity index (χ0) is 13.9. The van der Waals surface area contributed by atoms with Gasteiger partial charge in [-0.1, -0.05) is 0 Å². The van der Waals surface area contributed by atoms with Crippen LogP contribution >= 0.6 is 0 Å². The summed E-state index contributed by atoms with van der Waals surface area (Å²) in [5.74, 6) is -1.03. The number of aromatic carboxylic acids is 1. The Morgan fingerprint density at radius 3 is 2.79 bits per heavy atom. The summed E-state index contributed by atoms with van der Waals surface area (Å²) in [6, 6.07) is 3.25. The number of hydrogen-bond acceptors (Lipinski definition) is 5. The van der Waals surface area contributed by atoms with Crippen LogP contribution < -0.4 is 0 Å². The summed E-state index contributed by atoms with van der Waals surface area (Å²) in [5, 5.41) is 8.79. The second-order valence-electron chi connectivity index (χ2n) is 3.87. The van der Waals surface area contributed by atoms with Crippen LogP contribution in [0.15, 0.2) is 18.3 Å². The van der Waals surface area contributed by atoms with Gasteiger partial charge in [0.1, 0.15) is 5.69 Å². The lowest BCUT2D eigenvalue weighted by atomic mass is 10.2. The molecule has 0 unspecified atom stereocenters. The zero-order valence-electron chi connectivity index (χ0n) is 11.0. The SMILES string of the molecule is COCCOCCCOCc1ccnc(C(=O)O)c1. The van der Waals surface area contributed by atoms with E-state index in [2.05, 4.69) is 4.98 Å². The summed E-state index contributed by atoms with van der Waals surface area (Å²) in [6.45, 7) is 2.75. The molecule has 0 amide bonds. The second-order valence-corrected chi connectivity index (χ2v) is 3.87. The predicted octanol–water partition coefficient (Wildman–Crippen LogP) is 1.35. The number of methoxy groups -OCH3 is 1. The van der Waals surface area contributed by atoms with E-state index in [1.165, 1.54) is 12.3 Å². The van der Waals surface area contributed by atoms with Gasteiger partial charge in [0.15, 0.2) is 0 Å². The molecule has 0 aromatic carbocycles. The van der Waals surface area contributed by atoms with Gasteiger partial charge in [-0.05, 0) is 24.1 Å². The second kappa shape index (κ2) is 9.43. The van der Waals surface area contributed by atoms with Crippen LogP contribution in [0.25, 0.3) is 0 Å². The lowest BCUT2D eigenvalue weighted by Crippen LogP contribution is -2.06. The maximum atomic E-state index is 10.7. The Morgan fingerprint density at radius 2 is 2.05 bits per heavy atom. The molecule has 0 saturated carbocycles. The number of pyridine rings is 1. The molecule has 0 atom stereocenters. The quantitative estimate of drug-likeness (QED) is 0.646. The van der Waals surface area contributed by atoms with Gasteiger partial charge in [-0.15, -0.1) is 0 Å². The average molecular weight is 269 g/mol. The minimum atomic E-state index is -1.03. The molecule has 19 heavy (non-hydrogen) atoms. The van der Waals surface area contributed by atoms with Gasteiger partial charge < -0.3 is 19.3 Å². The first-order valence-corrected chi connectivity index (χ1v) is 6.06. The van der Waals surface area contributed by atoms with Crippen LogP contribution in [-0.4, -0.2) is 49.6 Å². The Morgan fingerprint density at radius 1 is 1.26 bits per heavy atom. The molecular formula is C13H19NO5. The van der Waals surface area contributed by atoms with Crippen molar-refractivity contribution < 1.29 is 24.1 Å². The Hall–Kier alpha value is -1.50. The molecular weight excluding hydrogens is 250 g/mol.